The van der Waals surface area contributed by atoms with E-state index in [2.05, 4.69) is 15.3 Å². The van der Waals surface area contributed by atoms with Crippen LogP contribution in [0.2, 0.25) is 0 Å². The molecule has 0 saturated carbocycles. The normalized spacial score (nSPS) is 11.8. The van der Waals surface area contributed by atoms with Crippen LogP contribution in [-0.4, -0.2) is 27.9 Å². The first kappa shape index (κ1) is 20.3. The van der Waals surface area contributed by atoms with Gasteiger partial charge >= 0.3 is 5.97 Å². The van der Waals surface area contributed by atoms with Crippen molar-refractivity contribution in [2.24, 2.45) is 0 Å². The molecule has 0 aliphatic rings. The molecule has 1 atom stereocenters. The van der Waals surface area contributed by atoms with Crippen LogP contribution in [0.4, 0.5) is 5.69 Å². The fourth-order valence-electron chi connectivity index (χ4n) is 3.26. The Balaban J connectivity index is 1.47. The number of anilines is 1. The molecule has 4 aromatic rings. The van der Waals surface area contributed by atoms with Crippen LogP contribution in [0.15, 0.2) is 66.7 Å². The molecule has 4 rings (SSSR count). The van der Waals surface area contributed by atoms with Gasteiger partial charge in [-0.05, 0) is 56.2 Å². The van der Waals surface area contributed by atoms with Gasteiger partial charge in [-0.15, -0.1) is 0 Å². The molecule has 0 saturated heterocycles. The number of amides is 1. The Morgan fingerprint density at radius 2 is 1.77 bits per heavy atom. The van der Waals surface area contributed by atoms with Crippen LogP contribution in [0.25, 0.3) is 22.4 Å². The van der Waals surface area contributed by atoms with Crippen LogP contribution in [0.1, 0.15) is 28.4 Å². The largest absolute Gasteiger partial charge is 0.449 e. The van der Waals surface area contributed by atoms with Gasteiger partial charge in [-0.3, -0.25) is 4.79 Å². The fraction of sp³-hybridized carbons (Fsp3) is 0.160. The first-order valence-corrected chi connectivity index (χ1v) is 10.0. The van der Waals surface area contributed by atoms with Crippen LogP contribution in [-0.2, 0) is 9.53 Å². The van der Waals surface area contributed by atoms with E-state index in [1.54, 1.807) is 25.1 Å². The van der Waals surface area contributed by atoms with Crippen LogP contribution < -0.4 is 5.32 Å². The number of hydrogen-bond acceptors (Lipinski definition) is 4. The molecule has 1 aromatic heterocycles. The average Bonchev–Trinajstić information content (AvgIpc) is 3.20. The Hall–Kier alpha value is -3.93. The van der Waals surface area contributed by atoms with E-state index in [1.807, 2.05) is 62.4 Å². The van der Waals surface area contributed by atoms with E-state index in [0.717, 1.165) is 33.5 Å². The highest BCUT2D eigenvalue weighted by Crippen LogP contribution is 2.22. The molecule has 156 valence electrons. The van der Waals surface area contributed by atoms with Gasteiger partial charge in [0.1, 0.15) is 5.82 Å². The first-order chi connectivity index (χ1) is 14.9. The van der Waals surface area contributed by atoms with Gasteiger partial charge in [0.2, 0.25) is 0 Å². The maximum absolute atomic E-state index is 12.6. The fourth-order valence-corrected chi connectivity index (χ4v) is 3.26. The van der Waals surface area contributed by atoms with Crippen LogP contribution >= 0.6 is 0 Å². The van der Waals surface area contributed by atoms with Crippen molar-refractivity contribution >= 4 is 28.6 Å². The summed E-state index contributed by atoms with van der Waals surface area (Å²) in [6.45, 7) is 5.42. The number of nitrogens with zero attached hydrogens (tertiary/aromatic N) is 1. The quantitative estimate of drug-likeness (QED) is 0.450. The minimum atomic E-state index is -0.940. The van der Waals surface area contributed by atoms with Gasteiger partial charge in [0.25, 0.3) is 5.91 Å². The number of aryl methyl sites for hydroxylation is 2. The summed E-state index contributed by atoms with van der Waals surface area (Å²) in [6, 6.07) is 20.6. The molecule has 0 bridgehead atoms. The monoisotopic (exact) mass is 413 g/mol. The molecule has 1 heterocycles. The Morgan fingerprint density at radius 1 is 1.00 bits per heavy atom. The van der Waals surface area contributed by atoms with Crippen LogP contribution in [0.3, 0.4) is 0 Å². The number of fused-ring (bicyclic) bond motifs is 1. The molecule has 0 aliphatic carbocycles. The number of rotatable bonds is 5. The lowest BCUT2D eigenvalue weighted by Gasteiger charge is -2.15. The number of imidazole rings is 1. The number of aromatic amines is 1. The number of nitrogens with one attached hydrogen (secondary N) is 2. The molecule has 1 amide bonds. The lowest BCUT2D eigenvalue weighted by Crippen LogP contribution is -2.30. The Labute approximate surface area is 180 Å². The highest BCUT2D eigenvalue weighted by atomic mass is 16.5. The molecule has 0 aliphatic heterocycles. The summed E-state index contributed by atoms with van der Waals surface area (Å²) >= 11 is 0. The van der Waals surface area contributed by atoms with Crippen LogP contribution in [0.5, 0.6) is 0 Å². The first-order valence-electron chi connectivity index (χ1n) is 10.0. The van der Waals surface area contributed by atoms with Gasteiger partial charge in [-0.1, -0.05) is 42.5 Å². The topological polar surface area (TPSA) is 84.1 Å². The van der Waals surface area contributed by atoms with Crippen molar-refractivity contribution in [1.29, 1.82) is 0 Å². The average molecular weight is 413 g/mol. The van der Waals surface area contributed by atoms with Gasteiger partial charge in [-0.2, -0.15) is 0 Å². The Bertz CT molecular complexity index is 1260. The van der Waals surface area contributed by atoms with Crippen molar-refractivity contribution in [1.82, 2.24) is 9.97 Å². The highest BCUT2D eigenvalue weighted by Gasteiger charge is 2.20. The number of H-pyrrole nitrogens is 1. The van der Waals surface area contributed by atoms with Crippen LogP contribution in [0, 0.1) is 13.8 Å². The molecule has 3 aromatic carbocycles. The number of carbonyl (C=O) groups excluding carboxylic acids is 2. The minimum Gasteiger partial charge on any atom is -0.449 e. The smallest absolute Gasteiger partial charge is 0.338 e. The lowest BCUT2D eigenvalue weighted by molar-refractivity contribution is -0.123. The van der Waals surface area contributed by atoms with E-state index in [1.165, 1.54) is 0 Å². The van der Waals surface area contributed by atoms with Crippen molar-refractivity contribution in [3.05, 3.63) is 83.4 Å². The minimum absolute atomic E-state index is 0.349. The van der Waals surface area contributed by atoms with Crippen molar-refractivity contribution in [3.8, 4) is 11.4 Å². The highest BCUT2D eigenvalue weighted by molar-refractivity contribution is 5.99. The number of aromatic nitrogens is 2. The number of carbonyl (C=O) groups is 2. The van der Waals surface area contributed by atoms with Gasteiger partial charge in [-0.25, -0.2) is 9.78 Å². The zero-order valence-corrected chi connectivity index (χ0v) is 17.6. The van der Waals surface area contributed by atoms with E-state index < -0.39 is 12.1 Å². The van der Waals surface area contributed by atoms with Gasteiger partial charge in [0.15, 0.2) is 6.10 Å². The third-order valence-electron chi connectivity index (χ3n) is 5.07. The second-order valence-electron chi connectivity index (χ2n) is 7.54. The maximum Gasteiger partial charge on any atom is 0.338 e. The third-order valence-corrected chi connectivity index (χ3v) is 5.07. The number of benzene rings is 3. The summed E-state index contributed by atoms with van der Waals surface area (Å²) in [5.41, 5.74) is 5.46. The third kappa shape index (κ3) is 4.48. The molecule has 6 nitrogen and oxygen atoms in total. The molecular formula is C25H23N3O3. The van der Waals surface area contributed by atoms with Gasteiger partial charge < -0.3 is 15.0 Å². The van der Waals surface area contributed by atoms with E-state index in [0.29, 0.717) is 11.3 Å². The molecule has 0 radical (unpaired) electrons. The molecular weight excluding hydrogens is 390 g/mol. The molecule has 0 fully saturated rings. The maximum atomic E-state index is 12.6. The lowest BCUT2D eigenvalue weighted by atomic mass is 10.1. The predicted octanol–water partition coefficient (Wildman–Crippen LogP) is 5.03. The number of ether oxygens (including phenoxy) is 1. The SMILES string of the molecule is Cc1ccc(C)c(NC(=O)C(C)OC(=O)c2ccc3nc(-c4ccccc4)[nH]c3c2)c1. The second kappa shape index (κ2) is 8.44. The summed E-state index contributed by atoms with van der Waals surface area (Å²) in [4.78, 5) is 32.9. The molecule has 6 heteroatoms. The molecule has 1 unspecified atom stereocenters. The van der Waals surface area contributed by atoms with Crippen molar-refractivity contribution < 1.29 is 14.3 Å². The summed E-state index contributed by atoms with van der Waals surface area (Å²) in [5.74, 6) is -0.222. The Kier molecular flexibility index (Phi) is 5.54. The van der Waals surface area contributed by atoms with Crippen molar-refractivity contribution in [2.75, 3.05) is 5.32 Å². The van der Waals surface area contributed by atoms with Crippen molar-refractivity contribution in [3.63, 3.8) is 0 Å². The summed E-state index contributed by atoms with van der Waals surface area (Å²) in [5, 5.41) is 2.83. The zero-order chi connectivity index (χ0) is 22.0. The molecule has 31 heavy (non-hydrogen) atoms. The molecule has 2 N–H and O–H groups in total. The second-order valence-corrected chi connectivity index (χ2v) is 7.54. The van der Waals surface area contributed by atoms with Gasteiger partial charge in [0, 0.05) is 11.3 Å². The summed E-state index contributed by atoms with van der Waals surface area (Å²) < 4.78 is 5.40. The Morgan fingerprint density at radius 3 is 2.55 bits per heavy atom. The van der Waals surface area contributed by atoms with E-state index in [4.69, 9.17) is 4.74 Å². The van der Waals surface area contributed by atoms with E-state index in [-0.39, 0.29) is 5.91 Å². The van der Waals surface area contributed by atoms with E-state index in [9.17, 15) is 9.59 Å². The molecule has 0 spiro atoms. The summed E-state index contributed by atoms with van der Waals surface area (Å²) in [6.07, 6.45) is -0.940. The number of hydrogen-bond donors (Lipinski definition) is 2. The predicted molar refractivity (Wildman–Crippen MR) is 121 cm³/mol. The van der Waals surface area contributed by atoms with Crippen molar-refractivity contribution in [2.45, 2.75) is 26.9 Å². The summed E-state index contributed by atoms with van der Waals surface area (Å²) in [7, 11) is 0. The van der Waals surface area contributed by atoms with E-state index >= 15 is 0 Å². The zero-order valence-electron chi connectivity index (χ0n) is 17.6. The standard InChI is InChI=1S/C25H23N3O3/c1-15-9-10-16(2)21(13-15)28-24(29)17(3)31-25(30)19-11-12-20-22(14-19)27-23(26-20)18-7-5-4-6-8-18/h4-14,17H,1-3H3,(H,26,27)(H,28,29). The number of esters is 1. The van der Waals surface area contributed by atoms with Gasteiger partial charge in [0.05, 0.1) is 16.6 Å².